The van der Waals surface area contributed by atoms with Gasteiger partial charge in [0.2, 0.25) is 0 Å². The molecule has 1 N–H and O–H groups in total. The van der Waals surface area contributed by atoms with Crippen molar-refractivity contribution in [2.24, 2.45) is 0 Å². The first kappa shape index (κ1) is 19.7. The molecule has 158 valence electrons. The standard InChI is InChI=1S/C27H28N2O2/c1-2-31-27(30)28-21-17-24-22(19-9-5-3-6-10-19)13-15-29-16-14-23(25(18-21)26(24)29)20-11-7-4-8-12-20/h3-12,17-18,22-23H,2,13-16H2,1H3,(H,28,30). The highest BCUT2D eigenvalue weighted by molar-refractivity contribution is 5.86. The van der Waals surface area contributed by atoms with Crippen molar-refractivity contribution >= 4 is 17.5 Å². The van der Waals surface area contributed by atoms with Gasteiger partial charge in [-0.3, -0.25) is 5.32 Å². The first-order valence-corrected chi connectivity index (χ1v) is 11.2. The number of nitrogens with one attached hydrogen (secondary N) is 1. The number of hydrogen-bond acceptors (Lipinski definition) is 3. The van der Waals surface area contributed by atoms with Crippen molar-refractivity contribution in [1.29, 1.82) is 0 Å². The van der Waals surface area contributed by atoms with E-state index in [2.05, 4.69) is 83.0 Å². The molecule has 2 atom stereocenters. The lowest BCUT2D eigenvalue weighted by Crippen LogP contribution is -2.37. The van der Waals surface area contributed by atoms with Crippen LogP contribution in [0.5, 0.6) is 0 Å². The molecule has 2 unspecified atom stereocenters. The van der Waals surface area contributed by atoms with E-state index in [0.717, 1.165) is 31.6 Å². The van der Waals surface area contributed by atoms with Crippen LogP contribution < -0.4 is 10.2 Å². The smallest absolute Gasteiger partial charge is 0.411 e. The highest BCUT2D eigenvalue weighted by atomic mass is 16.5. The molecule has 2 aliphatic rings. The first-order valence-electron chi connectivity index (χ1n) is 11.2. The maximum Gasteiger partial charge on any atom is 0.411 e. The maximum atomic E-state index is 12.2. The molecule has 0 saturated carbocycles. The Bertz CT molecular complexity index is 993. The average Bonchev–Trinajstić information content (AvgIpc) is 2.81. The number of carbonyl (C=O) groups is 1. The molecule has 2 heterocycles. The summed E-state index contributed by atoms with van der Waals surface area (Å²) in [6, 6.07) is 25.8. The Morgan fingerprint density at radius 3 is 1.90 bits per heavy atom. The summed E-state index contributed by atoms with van der Waals surface area (Å²) in [6.45, 7) is 4.30. The largest absolute Gasteiger partial charge is 0.450 e. The fourth-order valence-electron chi connectivity index (χ4n) is 5.21. The lowest BCUT2D eigenvalue weighted by atomic mass is 9.76. The van der Waals surface area contributed by atoms with Crippen molar-refractivity contribution in [1.82, 2.24) is 0 Å². The minimum Gasteiger partial charge on any atom is -0.450 e. The molecular formula is C27H28N2O2. The Morgan fingerprint density at radius 2 is 1.42 bits per heavy atom. The topological polar surface area (TPSA) is 41.6 Å². The van der Waals surface area contributed by atoms with Gasteiger partial charge in [0.05, 0.1) is 6.61 Å². The Morgan fingerprint density at radius 1 is 0.903 bits per heavy atom. The highest BCUT2D eigenvalue weighted by Crippen LogP contribution is 2.49. The van der Waals surface area contributed by atoms with Gasteiger partial charge >= 0.3 is 6.09 Å². The first-order chi connectivity index (χ1) is 15.2. The second kappa shape index (κ2) is 8.46. The molecule has 31 heavy (non-hydrogen) atoms. The predicted molar refractivity (Wildman–Crippen MR) is 125 cm³/mol. The molecule has 0 saturated heterocycles. The lowest BCUT2D eigenvalue weighted by Gasteiger charge is -2.43. The molecule has 0 aliphatic carbocycles. The summed E-state index contributed by atoms with van der Waals surface area (Å²) in [5.41, 5.74) is 7.45. The minimum atomic E-state index is -0.398. The van der Waals surface area contributed by atoms with Gasteiger partial charge in [-0.15, -0.1) is 0 Å². The van der Waals surface area contributed by atoms with E-state index in [1.54, 1.807) is 0 Å². The SMILES string of the molecule is CCOC(=O)Nc1cc2c3c(c1)C(c1ccccc1)CCN3CCC2c1ccccc1. The van der Waals surface area contributed by atoms with Crippen LogP contribution in [0.25, 0.3) is 0 Å². The van der Waals surface area contributed by atoms with Crippen molar-refractivity contribution in [3.05, 3.63) is 95.1 Å². The molecule has 4 heteroatoms. The number of hydrogen-bond donors (Lipinski definition) is 1. The molecule has 0 bridgehead atoms. The Balaban J connectivity index is 1.65. The fourth-order valence-corrected chi connectivity index (χ4v) is 5.21. The highest BCUT2D eigenvalue weighted by Gasteiger charge is 2.35. The van der Waals surface area contributed by atoms with Crippen LogP contribution in [0.3, 0.4) is 0 Å². The molecule has 0 spiro atoms. The van der Waals surface area contributed by atoms with Crippen LogP contribution >= 0.6 is 0 Å². The van der Waals surface area contributed by atoms with Gasteiger partial charge in [0.1, 0.15) is 0 Å². The van der Waals surface area contributed by atoms with E-state index in [-0.39, 0.29) is 0 Å². The van der Waals surface area contributed by atoms with Crippen LogP contribution in [-0.4, -0.2) is 25.8 Å². The predicted octanol–water partition coefficient (Wildman–Crippen LogP) is 6.13. The van der Waals surface area contributed by atoms with E-state index in [1.807, 2.05) is 6.92 Å². The molecule has 3 aromatic carbocycles. The van der Waals surface area contributed by atoms with Gasteiger partial charge in [-0.25, -0.2) is 4.79 Å². The Hall–Kier alpha value is -3.27. The molecule has 0 radical (unpaired) electrons. The summed E-state index contributed by atoms with van der Waals surface area (Å²) in [5.74, 6) is 0.648. The molecule has 1 amide bonds. The second-order valence-corrected chi connectivity index (χ2v) is 8.34. The Labute approximate surface area is 183 Å². The lowest BCUT2D eigenvalue weighted by molar-refractivity contribution is 0.168. The van der Waals surface area contributed by atoms with Gasteiger partial charge in [0.25, 0.3) is 0 Å². The molecule has 0 aromatic heterocycles. The number of benzene rings is 3. The molecule has 5 rings (SSSR count). The van der Waals surface area contributed by atoms with Crippen LogP contribution in [0.15, 0.2) is 72.8 Å². The molecule has 3 aromatic rings. The van der Waals surface area contributed by atoms with Crippen LogP contribution in [0.2, 0.25) is 0 Å². The van der Waals surface area contributed by atoms with Gasteiger partial charge in [-0.2, -0.15) is 0 Å². The van der Waals surface area contributed by atoms with Crippen molar-refractivity contribution in [3.63, 3.8) is 0 Å². The van der Waals surface area contributed by atoms with Gasteiger partial charge in [-0.1, -0.05) is 60.7 Å². The number of amides is 1. The minimum absolute atomic E-state index is 0.324. The summed E-state index contributed by atoms with van der Waals surface area (Å²) >= 11 is 0. The van der Waals surface area contributed by atoms with E-state index in [9.17, 15) is 4.79 Å². The van der Waals surface area contributed by atoms with E-state index < -0.39 is 6.09 Å². The number of carbonyl (C=O) groups excluding carboxylic acids is 1. The van der Waals surface area contributed by atoms with Crippen LogP contribution in [0.1, 0.15) is 53.9 Å². The number of rotatable bonds is 4. The maximum absolute atomic E-state index is 12.2. The van der Waals surface area contributed by atoms with Gasteiger partial charge in [-0.05, 0) is 54.2 Å². The summed E-state index contributed by atoms with van der Waals surface area (Å²) in [4.78, 5) is 14.8. The molecular weight excluding hydrogens is 384 g/mol. The number of nitrogens with zero attached hydrogens (tertiary/aromatic N) is 1. The summed E-state index contributed by atoms with van der Waals surface area (Å²) in [7, 11) is 0. The van der Waals surface area contributed by atoms with Crippen LogP contribution in [0, 0.1) is 0 Å². The van der Waals surface area contributed by atoms with Crippen molar-refractivity contribution in [3.8, 4) is 0 Å². The zero-order valence-corrected chi connectivity index (χ0v) is 17.9. The van der Waals surface area contributed by atoms with Crippen LogP contribution in [-0.2, 0) is 4.74 Å². The average molecular weight is 413 g/mol. The normalized spacial score (nSPS) is 19.5. The monoisotopic (exact) mass is 412 g/mol. The van der Waals surface area contributed by atoms with E-state index in [0.29, 0.717) is 18.4 Å². The third-order valence-corrected chi connectivity index (χ3v) is 6.54. The molecule has 2 aliphatic heterocycles. The van der Waals surface area contributed by atoms with E-state index in [4.69, 9.17) is 4.74 Å². The Kier molecular flexibility index (Phi) is 5.37. The van der Waals surface area contributed by atoms with Gasteiger partial charge in [0, 0.05) is 36.3 Å². The summed E-state index contributed by atoms with van der Waals surface area (Å²) in [5, 5.41) is 2.97. The molecule has 0 fully saturated rings. The summed E-state index contributed by atoms with van der Waals surface area (Å²) in [6.07, 6.45) is 1.76. The second-order valence-electron chi connectivity index (χ2n) is 8.34. The summed E-state index contributed by atoms with van der Waals surface area (Å²) < 4.78 is 5.16. The van der Waals surface area contributed by atoms with Crippen molar-refractivity contribution < 1.29 is 9.53 Å². The zero-order chi connectivity index (χ0) is 21.2. The van der Waals surface area contributed by atoms with Crippen molar-refractivity contribution in [2.45, 2.75) is 31.6 Å². The van der Waals surface area contributed by atoms with Gasteiger partial charge < -0.3 is 9.64 Å². The zero-order valence-electron chi connectivity index (χ0n) is 17.9. The van der Waals surface area contributed by atoms with E-state index in [1.165, 1.54) is 27.9 Å². The third kappa shape index (κ3) is 3.78. The van der Waals surface area contributed by atoms with Crippen molar-refractivity contribution in [2.75, 3.05) is 29.9 Å². The van der Waals surface area contributed by atoms with Crippen LogP contribution in [0.4, 0.5) is 16.2 Å². The number of anilines is 2. The van der Waals surface area contributed by atoms with E-state index >= 15 is 0 Å². The van der Waals surface area contributed by atoms with Gasteiger partial charge in [0.15, 0.2) is 0 Å². The third-order valence-electron chi connectivity index (χ3n) is 6.54. The molecule has 4 nitrogen and oxygen atoms in total. The fraction of sp³-hybridized carbons (Fsp3) is 0.296. The number of ether oxygens (including phenoxy) is 1. The quantitative estimate of drug-likeness (QED) is 0.560.